The Labute approximate surface area is 128 Å². The zero-order valence-electron chi connectivity index (χ0n) is 12.3. The molecule has 0 aliphatic heterocycles. The van der Waals surface area contributed by atoms with Crippen molar-refractivity contribution < 1.29 is 14.2 Å². The molecule has 6 heteroatoms. The van der Waals surface area contributed by atoms with E-state index in [9.17, 15) is 0 Å². The lowest BCUT2D eigenvalue weighted by molar-refractivity contribution is 0.199. The molecule has 1 aromatic carbocycles. The standard InChI is InChI=1S/C15H20N2O3S/c1-18-7-5-16-10-12-3-4-13(14(9-12)19-2)20-11-15-17-6-8-21-15/h3-4,6,8-9,16H,5,7,10-11H2,1-2H3. The molecular formula is C15H20N2O3S. The third kappa shape index (κ3) is 5.00. The summed E-state index contributed by atoms with van der Waals surface area (Å²) in [6, 6.07) is 5.94. The van der Waals surface area contributed by atoms with E-state index in [2.05, 4.69) is 10.3 Å². The Kier molecular flexibility index (Phi) is 6.46. The number of methoxy groups -OCH3 is 2. The second-order valence-corrected chi connectivity index (χ2v) is 5.35. The lowest BCUT2D eigenvalue weighted by atomic mass is 10.2. The average Bonchev–Trinajstić information content (AvgIpc) is 3.03. The van der Waals surface area contributed by atoms with E-state index in [4.69, 9.17) is 14.2 Å². The highest BCUT2D eigenvalue weighted by atomic mass is 32.1. The Balaban J connectivity index is 1.92. The average molecular weight is 308 g/mol. The van der Waals surface area contributed by atoms with Gasteiger partial charge < -0.3 is 19.5 Å². The normalized spacial score (nSPS) is 10.6. The minimum atomic E-state index is 0.458. The van der Waals surface area contributed by atoms with Gasteiger partial charge in [-0.25, -0.2) is 4.98 Å². The van der Waals surface area contributed by atoms with Crippen molar-refractivity contribution in [2.24, 2.45) is 0 Å². The van der Waals surface area contributed by atoms with Gasteiger partial charge in [0.2, 0.25) is 0 Å². The fourth-order valence-corrected chi connectivity index (χ4v) is 2.34. The van der Waals surface area contributed by atoms with Crippen molar-refractivity contribution in [2.45, 2.75) is 13.2 Å². The zero-order chi connectivity index (χ0) is 14.9. The first-order chi connectivity index (χ1) is 10.3. The van der Waals surface area contributed by atoms with Crippen LogP contribution in [0.2, 0.25) is 0 Å². The smallest absolute Gasteiger partial charge is 0.161 e. The van der Waals surface area contributed by atoms with Gasteiger partial charge in [-0.2, -0.15) is 0 Å². The predicted molar refractivity (Wildman–Crippen MR) is 83.0 cm³/mol. The molecule has 0 radical (unpaired) electrons. The number of nitrogens with zero attached hydrogens (tertiary/aromatic N) is 1. The van der Waals surface area contributed by atoms with Gasteiger partial charge in [-0.3, -0.25) is 0 Å². The maximum atomic E-state index is 5.75. The second kappa shape index (κ2) is 8.61. The highest BCUT2D eigenvalue weighted by Crippen LogP contribution is 2.29. The summed E-state index contributed by atoms with van der Waals surface area (Å²) in [5, 5.41) is 6.18. The predicted octanol–water partition coefficient (Wildman–Crippen LogP) is 2.47. The topological polar surface area (TPSA) is 52.6 Å². The monoisotopic (exact) mass is 308 g/mol. The van der Waals surface area contributed by atoms with E-state index >= 15 is 0 Å². The van der Waals surface area contributed by atoms with Crippen molar-refractivity contribution in [3.05, 3.63) is 40.3 Å². The van der Waals surface area contributed by atoms with E-state index in [-0.39, 0.29) is 0 Å². The Hall–Kier alpha value is -1.63. The fourth-order valence-electron chi connectivity index (χ4n) is 1.81. The molecule has 0 aliphatic carbocycles. The molecule has 0 unspecified atom stereocenters. The summed E-state index contributed by atoms with van der Waals surface area (Å²) >= 11 is 1.58. The maximum absolute atomic E-state index is 5.75. The molecule has 2 aromatic rings. The zero-order valence-corrected chi connectivity index (χ0v) is 13.1. The van der Waals surface area contributed by atoms with Gasteiger partial charge in [0.15, 0.2) is 11.5 Å². The highest BCUT2D eigenvalue weighted by Gasteiger charge is 2.07. The Bertz CT molecular complexity index is 532. The van der Waals surface area contributed by atoms with E-state index in [1.54, 1.807) is 31.8 Å². The lowest BCUT2D eigenvalue weighted by Crippen LogP contribution is -2.18. The number of aromatic nitrogens is 1. The van der Waals surface area contributed by atoms with Crippen LogP contribution < -0.4 is 14.8 Å². The van der Waals surface area contributed by atoms with Crippen molar-refractivity contribution in [3.63, 3.8) is 0 Å². The molecule has 1 aromatic heterocycles. The third-order valence-electron chi connectivity index (χ3n) is 2.87. The number of rotatable bonds is 9. The van der Waals surface area contributed by atoms with E-state index in [0.29, 0.717) is 13.2 Å². The molecule has 114 valence electrons. The van der Waals surface area contributed by atoms with Crippen molar-refractivity contribution in [1.82, 2.24) is 10.3 Å². The summed E-state index contributed by atoms with van der Waals surface area (Å²) in [5.74, 6) is 1.46. The van der Waals surface area contributed by atoms with E-state index in [1.165, 1.54) is 0 Å². The molecule has 1 heterocycles. The van der Waals surface area contributed by atoms with Gasteiger partial charge in [-0.15, -0.1) is 11.3 Å². The van der Waals surface area contributed by atoms with Crippen LogP contribution in [0.4, 0.5) is 0 Å². The lowest BCUT2D eigenvalue weighted by Gasteiger charge is -2.12. The Morgan fingerprint density at radius 2 is 2.14 bits per heavy atom. The molecule has 0 saturated carbocycles. The first kappa shape index (κ1) is 15.8. The molecule has 21 heavy (non-hydrogen) atoms. The van der Waals surface area contributed by atoms with Crippen molar-refractivity contribution in [2.75, 3.05) is 27.4 Å². The van der Waals surface area contributed by atoms with E-state index in [0.717, 1.165) is 35.2 Å². The van der Waals surface area contributed by atoms with Crippen LogP contribution in [0, 0.1) is 0 Å². The highest BCUT2D eigenvalue weighted by molar-refractivity contribution is 7.09. The van der Waals surface area contributed by atoms with Gasteiger partial charge in [0, 0.05) is 31.8 Å². The quantitative estimate of drug-likeness (QED) is 0.721. The number of thiazole rings is 1. The molecule has 2 rings (SSSR count). The molecule has 0 bridgehead atoms. The summed E-state index contributed by atoms with van der Waals surface area (Å²) in [4.78, 5) is 4.19. The number of ether oxygens (including phenoxy) is 3. The molecule has 0 saturated heterocycles. The van der Waals surface area contributed by atoms with Gasteiger partial charge in [0.25, 0.3) is 0 Å². The maximum Gasteiger partial charge on any atom is 0.161 e. The van der Waals surface area contributed by atoms with Crippen molar-refractivity contribution >= 4 is 11.3 Å². The summed E-state index contributed by atoms with van der Waals surface area (Å²) in [6.45, 7) is 2.75. The fraction of sp³-hybridized carbons (Fsp3) is 0.400. The van der Waals surface area contributed by atoms with Crippen LogP contribution in [0.3, 0.4) is 0 Å². The van der Waals surface area contributed by atoms with Crippen molar-refractivity contribution in [3.8, 4) is 11.5 Å². The van der Waals surface area contributed by atoms with Gasteiger partial charge in [0.05, 0.1) is 13.7 Å². The van der Waals surface area contributed by atoms with Crippen LogP contribution in [-0.4, -0.2) is 32.4 Å². The number of nitrogens with one attached hydrogen (secondary N) is 1. The first-order valence-corrected chi connectivity index (χ1v) is 7.59. The molecule has 0 aliphatic rings. The summed E-state index contributed by atoms with van der Waals surface area (Å²) in [5.41, 5.74) is 1.14. The molecule has 0 amide bonds. The molecule has 0 spiro atoms. The number of hydrogen-bond acceptors (Lipinski definition) is 6. The molecular weight excluding hydrogens is 288 g/mol. The van der Waals surface area contributed by atoms with Gasteiger partial charge in [-0.05, 0) is 17.7 Å². The first-order valence-electron chi connectivity index (χ1n) is 6.71. The summed E-state index contributed by atoms with van der Waals surface area (Å²) in [7, 11) is 3.34. The number of benzene rings is 1. The van der Waals surface area contributed by atoms with Crippen molar-refractivity contribution in [1.29, 1.82) is 0 Å². The Morgan fingerprint density at radius 1 is 1.24 bits per heavy atom. The third-order valence-corrected chi connectivity index (χ3v) is 3.63. The molecule has 0 atom stereocenters. The second-order valence-electron chi connectivity index (χ2n) is 4.37. The van der Waals surface area contributed by atoms with Crippen LogP contribution in [0.1, 0.15) is 10.6 Å². The van der Waals surface area contributed by atoms with Crippen LogP contribution >= 0.6 is 11.3 Å². The number of hydrogen-bond donors (Lipinski definition) is 1. The summed E-state index contributed by atoms with van der Waals surface area (Å²) in [6.07, 6.45) is 1.77. The van der Waals surface area contributed by atoms with Gasteiger partial charge >= 0.3 is 0 Å². The molecule has 5 nitrogen and oxygen atoms in total. The largest absolute Gasteiger partial charge is 0.493 e. The SMILES string of the molecule is COCCNCc1ccc(OCc2nccs2)c(OC)c1. The van der Waals surface area contributed by atoms with E-state index < -0.39 is 0 Å². The van der Waals surface area contributed by atoms with Crippen LogP contribution in [0.25, 0.3) is 0 Å². The minimum Gasteiger partial charge on any atom is -0.493 e. The molecule has 1 N–H and O–H groups in total. The summed E-state index contributed by atoms with van der Waals surface area (Å²) < 4.78 is 16.1. The van der Waals surface area contributed by atoms with Gasteiger partial charge in [-0.1, -0.05) is 6.07 Å². The Morgan fingerprint density at radius 3 is 2.86 bits per heavy atom. The minimum absolute atomic E-state index is 0.458. The molecule has 0 fully saturated rings. The van der Waals surface area contributed by atoms with Gasteiger partial charge in [0.1, 0.15) is 11.6 Å². The van der Waals surface area contributed by atoms with Crippen LogP contribution in [0.5, 0.6) is 11.5 Å². The van der Waals surface area contributed by atoms with E-state index in [1.807, 2.05) is 23.6 Å². The van der Waals surface area contributed by atoms with Crippen LogP contribution in [-0.2, 0) is 17.9 Å². The van der Waals surface area contributed by atoms with Crippen LogP contribution in [0.15, 0.2) is 29.8 Å².